The highest BCUT2D eigenvalue weighted by Gasteiger charge is 2.17. The fraction of sp³-hybridized carbons (Fsp3) is 0.160. The molecule has 0 aliphatic heterocycles. The van der Waals surface area contributed by atoms with Gasteiger partial charge in [0.2, 0.25) is 5.91 Å². The highest BCUT2D eigenvalue weighted by Crippen LogP contribution is 2.25. The Morgan fingerprint density at radius 2 is 1.79 bits per heavy atom. The summed E-state index contributed by atoms with van der Waals surface area (Å²) in [6.45, 7) is 5.04. The number of pyridine rings is 1. The maximum atomic E-state index is 14.3. The van der Waals surface area contributed by atoms with Crippen LogP contribution in [0.5, 0.6) is 11.5 Å². The fourth-order valence-corrected chi connectivity index (χ4v) is 2.71. The Balaban J connectivity index is 1.62. The summed E-state index contributed by atoms with van der Waals surface area (Å²) in [5.41, 5.74) is -0.229. The first-order valence-electron chi connectivity index (χ1n) is 10.2. The molecule has 2 amide bonds. The van der Waals surface area contributed by atoms with E-state index in [1.54, 1.807) is 45.2 Å². The Bertz CT molecular complexity index is 1210. The summed E-state index contributed by atoms with van der Waals surface area (Å²) in [5, 5.41) is 4.85. The normalized spacial score (nSPS) is 11.2. The van der Waals surface area contributed by atoms with Crippen molar-refractivity contribution in [3.8, 4) is 11.5 Å². The molecule has 2 N–H and O–H groups in total. The second kappa shape index (κ2) is 10.6. The van der Waals surface area contributed by atoms with E-state index in [1.165, 1.54) is 42.6 Å². The third-order valence-electron chi connectivity index (χ3n) is 4.11. The minimum atomic E-state index is -0.826. The number of aromatic nitrogens is 1. The largest absolute Gasteiger partial charge is 0.453 e. The molecule has 1 aromatic heterocycles. The SMILES string of the molecule is CC(C)(C)OC(=O)Nc1cc(NC(=O)/C=C/c2ccc(Oc3cccnc3)c(F)c2)ccc1F. The summed E-state index contributed by atoms with van der Waals surface area (Å²) in [7, 11) is 0. The van der Waals surface area contributed by atoms with E-state index in [-0.39, 0.29) is 17.1 Å². The molecule has 0 saturated carbocycles. The van der Waals surface area contributed by atoms with E-state index in [0.29, 0.717) is 11.3 Å². The number of anilines is 2. The molecule has 0 aliphatic carbocycles. The predicted molar refractivity (Wildman–Crippen MR) is 125 cm³/mol. The molecule has 9 heteroatoms. The molecule has 3 rings (SSSR count). The van der Waals surface area contributed by atoms with Crippen molar-refractivity contribution in [1.82, 2.24) is 4.98 Å². The lowest BCUT2D eigenvalue weighted by molar-refractivity contribution is -0.111. The fourth-order valence-electron chi connectivity index (χ4n) is 2.71. The summed E-state index contributed by atoms with van der Waals surface area (Å²) in [6.07, 6.45) is 4.82. The standard InChI is InChI=1S/C25H23F2N3O4/c1-25(2,3)34-24(32)30-21-14-17(8-9-19(21)26)29-23(31)11-7-16-6-10-22(20(27)13-16)33-18-5-4-12-28-15-18/h4-15H,1-3H3,(H,29,31)(H,30,32)/b11-7+. The van der Waals surface area contributed by atoms with Crippen molar-refractivity contribution in [3.05, 3.63) is 84.2 Å². The molecule has 1 heterocycles. The molecule has 3 aromatic rings. The van der Waals surface area contributed by atoms with Gasteiger partial charge in [-0.2, -0.15) is 0 Å². The van der Waals surface area contributed by atoms with E-state index >= 15 is 0 Å². The Kier molecular flexibility index (Phi) is 7.57. The summed E-state index contributed by atoms with van der Waals surface area (Å²) in [6, 6.07) is 11.3. The van der Waals surface area contributed by atoms with Gasteiger partial charge in [0.25, 0.3) is 0 Å². The van der Waals surface area contributed by atoms with Crippen molar-refractivity contribution < 1.29 is 27.8 Å². The number of hydrogen-bond donors (Lipinski definition) is 2. The van der Waals surface area contributed by atoms with Crippen LogP contribution in [-0.4, -0.2) is 22.6 Å². The topological polar surface area (TPSA) is 89.6 Å². The number of nitrogens with zero attached hydrogens (tertiary/aromatic N) is 1. The van der Waals surface area contributed by atoms with Gasteiger partial charge in [-0.05, 0) is 74.9 Å². The molecule has 0 aliphatic rings. The molecule has 0 radical (unpaired) electrons. The lowest BCUT2D eigenvalue weighted by Crippen LogP contribution is -2.27. The first-order valence-corrected chi connectivity index (χ1v) is 10.2. The van der Waals surface area contributed by atoms with Gasteiger partial charge in [-0.1, -0.05) is 6.07 Å². The van der Waals surface area contributed by atoms with E-state index < -0.39 is 29.2 Å². The zero-order valence-corrected chi connectivity index (χ0v) is 18.8. The van der Waals surface area contributed by atoms with Crippen molar-refractivity contribution in [2.24, 2.45) is 0 Å². The van der Waals surface area contributed by atoms with Gasteiger partial charge in [0.1, 0.15) is 17.2 Å². The summed E-state index contributed by atoms with van der Waals surface area (Å²) < 4.78 is 38.9. The molecule has 0 saturated heterocycles. The molecule has 0 unspecified atom stereocenters. The van der Waals surface area contributed by atoms with Crippen LogP contribution in [0.15, 0.2) is 67.0 Å². The number of carbonyl (C=O) groups excluding carboxylic acids is 2. The molecule has 34 heavy (non-hydrogen) atoms. The molecule has 2 aromatic carbocycles. The first-order chi connectivity index (χ1) is 16.1. The Hall–Kier alpha value is -4.27. The third-order valence-corrected chi connectivity index (χ3v) is 4.11. The van der Waals surface area contributed by atoms with Crippen molar-refractivity contribution in [1.29, 1.82) is 0 Å². The molecule has 0 fully saturated rings. The second-order valence-corrected chi connectivity index (χ2v) is 8.12. The van der Waals surface area contributed by atoms with Gasteiger partial charge in [0.15, 0.2) is 11.6 Å². The number of benzene rings is 2. The molecule has 7 nitrogen and oxygen atoms in total. The number of ether oxygens (including phenoxy) is 2. The Labute approximate surface area is 195 Å². The molecular formula is C25H23F2N3O4. The number of rotatable bonds is 6. The average Bonchev–Trinajstić information content (AvgIpc) is 2.76. The number of nitrogens with one attached hydrogen (secondary N) is 2. The molecular weight excluding hydrogens is 444 g/mol. The van der Waals surface area contributed by atoms with Crippen molar-refractivity contribution >= 4 is 29.5 Å². The quantitative estimate of drug-likeness (QED) is 0.425. The van der Waals surface area contributed by atoms with Gasteiger partial charge < -0.3 is 14.8 Å². The highest BCUT2D eigenvalue weighted by molar-refractivity contribution is 6.02. The van der Waals surface area contributed by atoms with Crippen LogP contribution in [0.1, 0.15) is 26.3 Å². The summed E-state index contributed by atoms with van der Waals surface area (Å²) in [5.74, 6) is -1.42. The zero-order chi connectivity index (χ0) is 24.7. The van der Waals surface area contributed by atoms with Gasteiger partial charge in [-0.3, -0.25) is 15.1 Å². The third kappa shape index (κ3) is 7.40. The maximum absolute atomic E-state index is 14.3. The van der Waals surface area contributed by atoms with Crippen molar-refractivity contribution in [3.63, 3.8) is 0 Å². The van der Waals surface area contributed by atoms with Gasteiger partial charge >= 0.3 is 6.09 Å². The average molecular weight is 467 g/mol. The highest BCUT2D eigenvalue weighted by atomic mass is 19.1. The monoisotopic (exact) mass is 467 g/mol. The van der Waals surface area contributed by atoms with Crippen LogP contribution in [0, 0.1) is 11.6 Å². The van der Waals surface area contributed by atoms with Crippen LogP contribution in [0.2, 0.25) is 0 Å². The minimum Gasteiger partial charge on any atom is -0.453 e. The summed E-state index contributed by atoms with van der Waals surface area (Å²) >= 11 is 0. The lowest BCUT2D eigenvalue weighted by atomic mass is 10.2. The minimum absolute atomic E-state index is 0.0194. The lowest BCUT2D eigenvalue weighted by Gasteiger charge is -2.20. The van der Waals surface area contributed by atoms with Crippen molar-refractivity contribution in [2.45, 2.75) is 26.4 Å². The predicted octanol–water partition coefficient (Wildman–Crippen LogP) is 6.15. The van der Waals surface area contributed by atoms with Crippen LogP contribution in [0.25, 0.3) is 6.08 Å². The van der Waals surface area contributed by atoms with Gasteiger partial charge in [-0.25, -0.2) is 13.6 Å². The molecule has 176 valence electrons. The number of hydrogen-bond acceptors (Lipinski definition) is 5. The Morgan fingerprint density at radius 1 is 1.00 bits per heavy atom. The van der Waals surface area contributed by atoms with Gasteiger partial charge in [0.05, 0.1) is 11.9 Å². The second-order valence-electron chi connectivity index (χ2n) is 8.12. The smallest absolute Gasteiger partial charge is 0.412 e. The molecule has 0 spiro atoms. The van der Waals surface area contributed by atoms with Crippen LogP contribution < -0.4 is 15.4 Å². The van der Waals surface area contributed by atoms with Crippen LogP contribution in [0.3, 0.4) is 0 Å². The van der Waals surface area contributed by atoms with Gasteiger partial charge in [0, 0.05) is 18.0 Å². The van der Waals surface area contributed by atoms with E-state index in [1.807, 2.05) is 0 Å². The van der Waals surface area contributed by atoms with Crippen molar-refractivity contribution in [2.75, 3.05) is 10.6 Å². The number of carbonyl (C=O) groups is 2. The maximum Gasteiger partial charge on any atom is 0.412 e. The number of amides is 2. The van der Waals surface area contributed by atoms with Crippen LogP contribution in [-0.2, 0) is 9.53 Å². The number of halogens is 2. The van der Waals surface area contributed by atoms with E-state index in [2.05, 4.69) is 15.6 Å². The van der Waals surface area contributed by atoms with Crippen LogP contribution in [0.4, 0.5) is 25.0 Å². The first kappa shape index (κ1) is 24.4. The Morgan fingerprint density at radius 3 is 2.47 bits per heavy atom. The van der Waals surface area contributed by atoms with Gasteiger partial charge in [-0.15, -0.1) is 0 Å². The van der Waals surface area contributed by atoms with E-state index in [0.717, 1.165) is 6.07 Å². The molecule has 0 bridgehead atoms. The van der Waals surface area contributed by atoms with Crippen LogP contribution >= 0.6 is 0 Å². The van der Waals surface area contributed by atoms with E-state index in [4.69, 9.17) is 9.47 Å². The van der Waals surface area contributed by atoms with E-state index in [9.17, 15) is 18.4 Å². The summed E-state index contributed by atoms with van der Waals surface area (Å²) in [4.78, 5) is 28.0. The zero-order valence-electron chi connectivity index (χ0n) is 18.8. The molecule has 0 atom stereocenters.